The Bertz CT molecular complexity index is 630. The van der Waals surface area contributed by atoms with E-state index in [1.54, 1.807) is 6.92 Å². The van der Waals surface area contributed by atoms with Crippen molar-refractivity contribution in [3.05, 3.63) is 35.6 Å². The molecular weight excluding hydrogens is 277 g/mol. The lowest BCUT2D eigenvalue weighted by Crippen LogP contribution is -2.15. The maximum atomic E-state index is 12.5. The van der Waals surface area contributed by atoms with Gasteiger partial charge in [-0.2, -0.15) is 13.2 Å². The van der Waals surface area contributed by atoms with Gasteiger partial charge in [-0.25, -0.2) is 4.79 Å². The van der Waals surface area contributed by atoms with E-state index in [4.69, 9.17) is 0 Å². The molecule has 0 bridgehead atoms. The molecule has 108 valence electrons. The van der Waals surface area contributed by atoms with E-state index in [2.05, 4.69) is 9.15 Å². The molecule has 4 nitrogen and oxygen atoms in total. The van der Waals surface area contributed by atoms with Crippen LogP contribution in [0.1, 0.15) is 24.4 Å². The first-order valence-electron chi connectivity index (χ1n) is 5.78. The fourth-order valence-corrected chi connectivity index (χ4v) is 1.73. The Labute approximate surface area is 111 Å². The minimum Gasteiger partial charge on any atom is -0.464 e. The number of alkyl halides is 3. The SMILES string of the molecule is CCOC(=O)C(O)c1ccc2oc(C(F)(F)F)cc2c1. The highest BCUT2D eigenvalue weighted by atomic mass is 19.4. The van der Waals surface area contributed by atoms with Crippen molar-refractivity contribution in [3.63, 3.8) is 0 Å². The van der Waals surface area contributed by atoms with Gasteiger partial charge in [0.2, 0.25) is 5.76 Å². The van der Waals surface area contributed by atoms with Gasteiger partial charge in [-0.3, -0.25) is 0 Å². The summed E-state index contributed by atoms with van der Waals surface area (Å²) in [6.07, 6.45) is -6.12. The van der Waals surface area contributed by atoms with Gasteiger partial charge in [0.15, 0.2) is 6.10 Å². The van der Waals surface area contributed by atoms with E-state index in [0.29, 0.717) is 0 Å². The zero-order chi connectivity index (χ0) is 14.9. The van der Waals surface area contributed by atoms with Crippen LogP contribution >= 0.6 is 0 Å². The average Bonchev–Trinajstić information content (AvgIpc) is 2.80. The molecule has 0 saturated carbocycles. The van der Waals surface area contributed by atoms with Crippen LogP contribution in [0.5, 0.6) is 0 Å². The molecule has 1 aromatic carbocycles. The Morgan fingerprint density at radius 3 is 2.70 bits per heavy atom. The number of furan rings is 1. The number of aliphatic hydroxyl groups excluding tert-OH is 1. The highest BCUT2D eigenvalue weighted by molar-refractivity contribution is 5.82. The van der Waals surface area contributed by atoms with Gasteiger partial charge in [0, 0.05) is 5.39 Å². The number of fused-ring (bicyclic) bond motifs is 1. The molecule has 0 radical (unpaired) electrons. The average molecular weight is 288 g/mol. The van der Waals surface area contributed by atoms with Gasteiger partial charge < -0.3 is 14.3 Å². The Balaban J connectivity index is 2.36. The van der Waals surface area contributed by atoms with Crippen LogP contribution in [0.3, 0.4) is 0 Å². The van der Waals surface area contributed by atoms with Crippen LogP contribution in [0.2, 0.25) is 0 Å². The van der Waals surface area contributed by atoms with Crippen LogP contribution in [-0.2, 0) is 15.7 Å². The monoisotopic (exact) mass is 288 g/mol. The van der Waals surface area contributed by atoms with Crippen LogP contribution in [0.15, 0.2) is 28.7 Å². The van der Waals surface area contributed by atoms with Crippen molar-refractivity contribution in [2.45, 2.75) is 19.2 Å². The normalized spacial score (nSPS) is 13.4. The summed E-state index contributed by atoms with van der Waals surface area (Å²) in [5.74, 6) is -1.98. The summed E-state index contributed by atoms with van der Waals surface area (Å²) in [5.41, 5.74) is 0.169. The van der Waals surface area contributed by atoms with Crippen molar-refractivity contribution in [2.75, 3.05) is 6.61 Å². The molecule has 1 atom stereocenters. The van der Waals surface area contributed by atoms with Crippen LogP contribution in [0.25, 0.3) is 11.0 Å². The number of rotatable bonds is 3. The second-order valence-electron chi connectivity index (χ2n) is 4.06. The third-order valence-electron chi connectivity index (χ3n) is 2.65. The Morgan fingerprint density at radius 1 is 1.40 bits per heavy atom. The number of halogens is 3. The van der Waals surface area contributed by atoms with E-state index in [1.807, 2.05) is 0 Å². The largest absolute Gasteiger partial charge is 0.464 e. The maximum absolute atomic E-state index is 12.5. The number of aliphatic hydroxyl groups is 1. The molecule has 2 rings (SSSR count). The predicted octanol–water partition coefficient (Wildman–Crippen LogP) is 3.05. The minimum atomic E-state index is -4.58. The lowest BCUT2D eigenvalue weighted by molar-refractivity contribution is -0.153. The van der Waals surface area contributed by atoms with Gasteiger partial charge >= 0.3 is 12.1 Å². The summed E-state index contributed by atoms with van der Waals surface area (Å²) in [4.78, 5) is 11.4. The summed E-state index contributed by atoms with van der Waals surface area (Å²) in [7, 11) is 0. The smallest absolute Gasteiger partial charge is 0.449 e. The number of benzene rings is 1. The molecule has 0 aliphatic carbocycles. The second kappa shape index (κ2) is 5.16. The summed E-state index contributed by atoms with van der Waals surface area (Å²) in [6, 6.07) is 4.66. The van der Waals surface area contributed by atoms with E-state index >= 15 is 0 Å². The van der Waals surface area contributed by atoms with Crippen molar-refractivity contribution >= 4 is 16.9 Å². The van der Waals surface area contributed by atoms with E-state index in [9.17, 15) is 23.1 Å². The molecule has 2 aromatic rings. The van der Waals surface area contributed by atoms with Crippen molar-refractivity contribution in [2.24, 2.45) is 0 Å². The molecule has 1 heterocycles. The van der Waals surface area contributed by atoms with Gasteiger partial charge in [-0.05, 0) is 30.7 Å². The molecule has 0 aliphatic heterocycles. The van der Waals surface area contributed by atoms with Crippen molar-refractivity contribution in [3.8, 4) is 0 Å². The molecule has 0 saturated heterocycles. The number of carbonyl (C=O) groups is 1. The van der Waals surface area contributed by atoms with Gasteiger partial charge in [0.05, 0.1) is 6.61 Å². The van der Waals surface area contributed by atoms with Crippen LogP contribution in [-0.4, -0.2) is 17.7 Å². The molecule has 0 aliphatic rings. The summed E-state index contributed by atoms with van der Waals surface area (Å²) in [6.45, 7) is 1.68. The van der Waals surface area contributed by atoms with Crippen LogP contribution < -0.4 is 0 Å². The summed E-state index contributed by atoms with van der Waals surface area (Å²) in [5, 5.41) is 9.87. The molecule has 1 aromatic heterocycles. The number of hydrogen-bond acceptors (Lipinski definition) is 4. The fraction of sp³-hybridized carbons (Fsp3) is 0.308. The van der Waals surface area contributed by atoms with Gasteiger partial charge in [-0.15, -0.1) is 0 Å². The van der Waals surface area contributed by atoms with Crippen LogP contribution in [0.4, 0.5) is 13.2 Å². The summed E-state index contributed by atoms with van der Waals surface area (Å²) < 4.78 is 46.8. The third kappa shape index (κ3) is 2.77. The van der Waals surface area contributed by atoms with Crippen molar-refractivity contribution in [1.82, 2.24) is 0 Å². The quantitative estimate of drug-likeness (QED) is 0.882. The first-order valence-corrected chi connectivity index (χ1v) is 5.78. The molecule has 20 heavy (non-hydrogen) atoms. The van der Waals surface area contributed by atoms with Crippen molar-refractivity contribution in [1.29, 1.82) is 0 Å². The molecule has 1 N–H and O–H groups in total. The molecule has 7 heteroatoms. The zero-order valence-electron chi connectivity index (χ0n) is 10.4. The topological polar surface area (TPSA) is 59.7 Å². The lowest BCUT2D eigenvalue weighted by Gasteiger charge is -2.09. The standard InChI is InChI=1S/C13H11F3O4/c1-2-19-12(18)11(17)7-3-4-9-8(5-7)6-10(20-9)13(14,15)16/h3-6,11,17H,2H2,1H3. The zero-order valence-corrected chi connectivity index (χ0v) is 10.4. The molecule has 0 spiro atoms. The number of ether oxygens (including phenoxy) is 1. The maximum Gasteiger partial charge on any atom is 0.449 e. The van der Waals surface area contributed by atoms with E-state index in [-0.39, 0.29) is 23.1 Å². The minimum absolute atomic E-state index is 0.0251. The molecular formula is C13H11F3O4. The highest BCUT2D eigenvalue weighted by Gasteiger charge is 2.35. The Morgan fingerprint density at radius 2 is 2.10 bits per heavy atom. The third-order valence-corrected chi connectivity index (χ3v) is 2.65. The molecule has 1 unspecified atom stereocenters. The van der Waals surface area contributed by atoms with Crippen LogP contribution in [0, 0.1) is 0 Å². The first kappa shape index (κ1) is 14.4. The molecule has 0 amide bonds. The second-order valence-corrected chi connectivity index (χ2v) is 4.06. The number of esters is 1. The van der Waals surface area contributed by atoms with Gasteiger partial charge in [0.25, 0.3) is 0 Å². The Hall–Kier alpha value is -2.02. The highest BCUT2D eigenvalue weighted by Crippen LogP contribution is 2.34. The lowest BCUT2D eigenvalue weighted by atomic mass is 10.1. The van der Waals surface area contributed by atoms with E-state index in [1.165, 1.54) is 18.2 Å². The van der Waals surface area contributed by atoms with E-state index < -0.39 is 24.0 Å². The summed E-state index contributed by atoms with van der Waals surface area (Å²) >= 11 is 0. The first-order chi connectivity index (χ1) is 9.32. The predicted molar refractivity (Wildman–Crippen MR) is 62.8 cm³/mol. The molecule has 0 fully saturated rings. The van der Waals surface area contributed by atoms with Gasteiger partial charge in [-0.1, -0.05) is 6.07 Å². The fourth-order valence-electron chi connectivity index (χ4n) is 1.73. The number of hydrogen-bond donors (Lipinski definition) is 1. The van der Waals surface area contributed by atoms with E-state index in [0.717, 1.165) is 6.07 Å². The van der Waals surface area contributed by atoms with Crippen molar-refractivity contribution < 1.29 is 32.2 Å². The number of carbonyl (C=O) groups excluding carboxylic acids is 1. The Kier molecular flexibility index (Phi) is 3.71. The van der Waals surface area contributed by atoms with Gasteiger partial charge in [0.1, 0.15) is 5.58 Å².